The molecule has 1 aliphatic heterocycles. The quantitative estimate of drug-likeness (QED) is 0.364. The highest BCUT2D eigenvalue weighted by molar-refractivity contribution is 6.10. The van der Waals surface area contributed by atoms with Gasteiger partial charge in [-0.2, -0.15) is 0 Å². The number of nitrogens with one attached hydrogen (secondary N) is 1. The van der Waals surface area contributed by atoms with Crippen molar-refractivity contribution < 1.29 is 14.3 Å². The van der Waals surface area contributed by atoms with Gasteiger partial charge in [0.05, 0.1) is 23.3 Å². The minimum Gasteiger partial charge on any atom is -0.507 e. The van der Waals surface area contributed by atoms with Crippen LogP contribution in [0, 0.1) is 11.7 Å². The van der Waals surface area contributed by atoms with Crippen LogP contribution >= 0.6 is 0 Å². The molecule has 5 rings (SSSR count). The molecule has 2 N–H and O–H groups in total. The molecule has 38 heavy (non-hydrogen) atoms. The number of rotatable bonds is 2. The third kappa shape index (κ3) is 4.87. The molecule has 0 bridgehead atoms. The SMILES string of the molecule is CC(C)(C)c1cc([C@@H]2Nc3ccccc3N=C3C[C@H](c4ccc(F)cc4)CC(=O)[C@H]32)cc(C(C)(C)C)c1O. The van der Waals surface area contributed by atoms with Gasteiger partial charge in [0, 0.05) is 12.1 Å². The van der Waals surface area contributed by atoms with Crippen LogP contribution in [0.1, 0.15) is 88.6 Å². The predicted octanol–water partition coefficient (Wildman–Crippen LogP) is 8.13. The molecule has 198 valence electrons. The number of phenolic OH excluding ortho intramolecular Hbond substituents is 1. The molecular formula is C33H37FN2O2. The lowest BCUT2D eigenvalue weighted by atomic mass is 9.71. The summed E-state index contributed by atoms with van der Waals surface area (Å²) in [5, 5.41) is 15.0. The fourth-order valence-corrected chi connectivity index (χ4v) is 5.83. The van der Waals surface area contributed by atoms with Gasteiger partial charge in [0.25, 0.3) is 0 Å². The van der Waals surface area contributed by atoms with Crippen molar-refractivity contribution in [2.45, 2.75) is 77.2 Å². The Morgan fingerprint density at radius 1 is 0.868 bits per heavy atom. The number of carbonyl (C=O) groups excluding carboxylic acids is 1. The maximum absolute atomic E-state index is 14.0. The van der Waals surface area contributed by atoms with Gasteiger partial charge in [-0.1, -0.05) is 65.8 Å². The van der Waals surface area contributed by atoms with Gasteiger partial charge in [0.2, 0.25) is 0 Å². The van der Waals surface area contributed by atoms with Crippen LogP contribution in [-0.4, -0.2) is 16.6 Å². The summed E-state index contributed by atoms with van der Waals surface area (Å²) in [7, 11) is 0. The number of anilines is 1. The molecule has 0 amide bonds. The number of phenols is 1. The number of fused-ring (bicyclic) bond motifs is 2. The Bertz CT molecular complexity index is 1380. The van der Waals surface area contributed by atoms with E-state index in [0.717, 1.165) is 39.3 Å². The summed E-state index contributed by atoms with van der Waals surface area (Å²) < 4.78 is 13.6. The number of nitrogens with zero attached hydrogens (tertiary/aromatic N) is 1. The molecule has 1 saturated carbocycles. The van der Waals surface area contributed by atoms with Crippen molar-refractivity contribution in [1.82, 2.24) is 0 Å². The molecule has 2 aliphatic rings. The molecule has 3 aromatic carbocycles. The van der Waals surface area contributed by atoms with E-state index < -0.39 is 5.92 Å². The Kier molecular flexibility index (Phi) is 6.45. The number of hydrogen-bond donors (Lipinski definition) is 2. The largest absolute Gasteiger partial charge is 0.507 e. The molecule has 3 atom stereocenters. The van der Waals surface area contributed by atoms with E-state index >= 15 is 0 Å². The average molecular weight is 513 g/mol. The van der Waals surface area contributed by atoms with Crippen LogP contribution in [0.5, 0.6) is 5.75 Å². The van der Waals surface area contributed by atoms with Crippen molar-refractivity contribution >= 4 is 22.9 Å². The highest BCUT2D eigenvalue weighted by atomic mass is 19.1. The predicted molar refractivity (Wildman–Crippen MR) is 152 cm³/mol. The van der Waals surface area contributed by atoms with E-state index in [1.54, 1.807) is 12.1 Å². The molecule has 3 aromatic rings. The van der Waals surface area contributed by atoms with E-state index in [0.29, 0.717) is 18.6 Å². The molecule has 0 aromatic heterocycles. The minimum atomic E-state index is -0.440. The van der Waals surface area contributed by atoms with Gasteiger partial charge >= 0.3 is 0 Å². The van der Waals surface area contributed by atoms with E-state index in [4.69, 9.17) is 4.99 Å². The number of aromatic hydroxyl groups is 1. The van der Waals surface area contributed by atoms with Crippen LogP contribution in [0.15, 0.2) is 65.7 Å². The lowest BCUT2D eigenvalue weighted by Crippen LogP contribution is -2.39. The Morgan fingerprint density at radius 2 is 1.47 bits per heavy atom. The van der Waals surface area contributed by atoms with Gasteiger partial charge in [0.15, 0.2) is 0 Å². The molecule has 4 nitrogen and oxygen atoms in total. The van der Waals surface area contributed by atoms with Crippen molar-refractivity contribution in [2.24, 2.45) is 10.9 Å². The van der Waals surface area contributed by atoms with Gasteiger partial charge in [-0.25, -0.2) is 4.39 Å². The van der Waals surface area contributed by atoms with Crippen LogP contribution in [0.25, 0.3) is 0 Å². The lowest BCUT2D eigenvalue weighted by molar-refractivity contribution is -0.122. The summed E-state index contributed by atoms with van der Waals surface area (Å²) in [6, 6.07) is 18.2. The highest BCUT2D eigenvalue weighted by Gasteiger charge is 2.42. The van der Waals surface area contributed by atoms with Crippen molar-refractivity contribution in [3.05, 3.63) is 88.7 Å². The summed E-state index contributed by atoms with van der Waals surface area (Å²) >= 11 is 0. The second-order valence-corrected chi connectivity index (χ2v) is 12.8. The van der Waals surface area contributed by atoms with E-state index in [1.165, 1.54) is 12.1 Å². The third-order valence-corrected chi connectivity index (χ3v) is 7.87. The zero-order valence-corrected chi connectivity index (χ0v) is 23.1. The summed E-state index contributed by atoms with van der Waals surface area (Å²) in [6.45, 7) is 12.6. The number of ketones is 1. The minimum absolute atomic E-state index is 0.0425. The molecule has 1 aliphatic carbocycles. The summed E-state index contributed by atoms with van der Waals surface area (Å²) in [6.07, 6.45) is 1.01. The van der Waals surface area contributed by atoms with Crippen LogP contribution in [0.4, 0.5) is 15.8 Å². The highest BCUT2D eigenvalue weighted by Crippen LogP contribution is 2.47. The maximum Gasteiger partial charge on any atom is 0.144 e. The van der Waals surface area contributed by atoms with E-state index in [-0.39, 0.29) is 34.4 Å². The molecule has 1 fully saturated rings. The first-order chi connectivity index (χ1) is 17.8. The topological polar surface area (TPSA) is 61.7 Å². The monoisotopic (exact) mass is 512 g/mol. The van der Waals surface area contributed by atoms with Crippen molar-refractivity contribution in [2.75, 3.05) is 5.32 Å². The van der Waals surface area contributed by atoms with Crippen LogP contribution in [0.2, 0.25) is 0 Å². The number of aliphatic imine (C=N–C) groups is 1. The van der Waals surface area contributed by atoms with Crippen LogP contribution in [-0.2, 0) is 15.6 Å². The van der Waals surface area contributed by atoms with E-state index in [9.17, 15) is 14.3 Å². The number of para-hydroxylation sites is 2. The molecular weight excluding hydrogens is 475 g/mol. The molecule has 0 radical (unpaired) electrons. The van der Waals surface area contributed by atoms with Crippen molar-refractivity contribution in [3.8, 4) is 5.75 Å². The lowest BCUT2D eigenvalue weighted by Gasteiger charge is -2.35. The number of Topliss-reactive ketones (excluding diaryl/α,β-unsaturated/α-hetero) is 1. The average Bonchev–Trinajstić information content (AvgIpc) is 3.00. The number of halogens is 1. The molecule has 1 heterocycles. The zero-order chi connectivity index (χ0) is 27.4. The Morgan fingerprint density at radius 3 is 2.08 bits per heavy atom. The number of hydrogen-bond acceptors (Lipinski definition) is 4. The second kappa shape index (κ2) is 9.37. The van der Waals surface area contributed by atoms with Gasteiger partial charge in [-0.05, 0) is 81.8 Å². The smallest absolute Gasteiger partial charge is 0.144 e. The Labute approximate surface area is 225 Å². The molecule has 0 spiro atoms. The summed E-state index contributed by atoms with van der Waals surface area (Å²) in [5.41, 5.74) is 5.63. The fourth-order valence-electron chi connectivity index (χ4n) is 5.83. The molecule has 5 heteroatoms. The second-order valence-electron chi connectivity index (χ2n) is 12.8. The van der Waals surface area contributed by atoms with Crippen molar-refractivity contribution in [3.63, 3.8) is 0 Å². The first-order valence-corrected chi connectivity index (χ1v) is 13.4. The Hall–Kier alpha value is -3.47. The van der Waals surface area contributed by atoms with Gasteiger partial charge < -0.3 is 10.4 Å². The zero-order valence-electron chi connectivity index (χ0n) is 23.1. The first kappa shape index (κ1) is 26.1. The fraction of sp³-hybridized carbons (Fsp3) is 0.394. The standard InChI is InChI=1S/C33H37FN2O2/c1-32(2,3)23-15-21(16-24(31(23)38)33(4,5)6)30-29-27(35-25-9-7-8-10-26(25)36-30)17-20(18-28(29)37)19-11-13-22(34)14-12-19/h7-16,20,29-30,36,38H,17-18H2,1-6H3/t20-,29-,30-/m0/s1. The Balaban J connectivity index is 1.66. The molecule has 0 unspecified atom stereocenters. The van der Waals surface area contributed by atoms with Gasteiger partial charge in [-0.3, -0.25) is 9.79 Å². The number of benzene rings is 3. The van der Waals surface area contributed by atoms with E-state index in [1.807, 2.05) is 24.3 Å². The summed E-state index contributed by atoms with van der Waals surface area (Å²) in [5.74, 6) is -0.320. The summed E-state index contributed by atoms with van der Waals surface area (Å²) in [4.78, 5) is 19.0. The van der Waals surface area contributed by atoms with E-state index in [2.05, 4.69) is 59.0 Å². The van der Waals surface area contributed by atoms with Gasteiger partial charge in [-0.15, -0.1) is 0 Å². The first-order valence-electron chi connectivity index (χ1n) is 13.4. The van der Waals surface area contributed by atoms with Crippen LogP contribution < -0.4 is 5.32 Å². The van der Waals surface area contributed by atoms with Gasteiger partial charge in [0.1, 0.15) is 17.3 Å². The van der Waals surface area contributed by atoms with Crippen LogP contribution in [0.3, 0.4) is 0 Å². The number of carbonyl (C=O) groups is 1. The normalized spacial score (nSPS) is 21.6. The maximum atomic E-state index is 14.0. The third-order valence-electron chi connectivity index (χ3n) is 7.87. The molecule has 0 saturated heterocycles. The van der Waals surface area contributed by atoms with Crippen molar-refractivity contribution in [1.29, 1.82) is 0 Å².